The van der Waals surface area contributed by atoms with Crippen LogP contribution in [0.2, 0.25) is 0 Å². The van der Waals surface area contributed by atoms with Gasteiger partial charge in [-0.3, -0.25) is 0 Å². The van der Waals surface area contributed by atoms with Crippen molar-refractivity contribution in [1.82, 2.24) is 9.97 Å². The fourth-order valence-corrected chi connectivity index (χ4v) is 2.08. The Morgan fingerprint density at radius 1 is 1.24 bits per heavy atom. The van der Waals surface area contributed by atoms with Crippen LogP contribution in [0.5, 0.6) is 5.88 Å². The van der Waals surface area contributed by atoms with Crippen LogP contribution in [0.1, 0.15) is 36.8 Å². The minimum absolute atomic E-state index is 0.139. The van der Waals surface area contributed by atoms with Gasteiger partial charge in [0.15, 0.2) is 0 Å². The summed E-state index contributed by atoms with van der Waals surface area (Å²) in [7, 11) is 0. The third kappa shape index (κ3) is 4.16. The minimum Gasteiger partial charge on any atom is -0.478 e. The molecule has 0 saturated heterocycles. The van der Waals surface area contributed by atoms with Crippen LogP contribution in [0.3, 0.4) is 0 Å². The lowest BCUT2D eigenvalue weighted by atomic mass is 10.1. The average Bonchev–Trinajstić information content (AvgIpc) is 2.47. The molecule has 0 fully saturated rings. The van der Waals surface area contributed by atoms with Crippen molar-refractivity contribution < 1.29 is 4.74 Å². The van der Waals surface area contributed by atoms with E-state index in [2.05, 4.69) is 34.3 Å². The Morgan fingerprint density at radius 3 is 2.57 bits per heavy atom. The van der Waals surface area contributed by atoms with E-state index in [1.807, 2.05) is 32.0 Å². The molecule has 0 radical (unpaired) electrons. The molecule has 1 unspecified atom stereocenters. The van der Waals surface area contributed by atoms with Crippen molar-refractivity contribution in [1.29, 1.82) is 0 Å². The molecule has 0 aliphatic carbocycles. The molecule has 0 bridgehead atoms. The topological polar surface area (TPSA) is 73.1 Å². The van der Waals surface area contributed by atoms with Crippen LogP contribution in [-0.4, -0.2) is 16.6 Å². The van der Waals surface area contributed by atoms with E-state index in [9.17, 15) is 0 Å². The van der Waals surface area contributed by atoms with E-state index in [1.54, 1.807) is 0 Å². The van der Waals surface area contributed by atoms with Crippen molar-refractivity contribution in [3.63, 3.8) is 0 Å². The van der Waals surface area contributed by atoms with Crippen LogP contribution >= 0.6 is 0 Å². The molecule has 0 spiro atoms. The molecule has 2 aromatic rings. The Bertz CT molecular complexity index is 583. The summed E-state index contributed by atoms with van der Waals surface area (Å²) in [6, 6.07) is 10.2. The molecule has 112 valence electrons. The van der Waals surface area contributed by atoms with E-state index in [-0.39, 0.29) is 6.04 Å². The van der Waals surface area contributed by atoms with Gasteiger partial charge in [0.2, 0.25) is 5.88 Å². The van der Waals surface area contributed by atoms with Crippen LogP contribution in [0, 0.1) is 6.92 Å². The second kappa shape index (κ2) is 7.04. The molecular formula is C16H22N4O. The molecular weight excluding hydrogens is 264 g/mol. The SMILES string of the molecule is CCOc1cc(NC(C)c2ccc(CN)cc2)nc(C)n1. The van der Waals surface area contributed by atoms with Crippen LogP contribution < -0.4 is 15.8 Å². The zero-order valence-electron chi connectivity index (χ0n) is 12.8. The number of rotatable bonds is 6. The normalized spacial score (nSPS) is 12.0. The van der Waals surface area contributed by atoms with Crippen molar-refractivity contribution in [3.8, 4) is 5.88 Å². The van der Waals surface area contributed by atoms with Crippen molar-refractivity contribution in [2.75, 3.05) is 11.9 Å². The number of nitrogens with zero attached hydrogens (tertiary/aromatic N) is 2. The number of nitrogens with one attached hydrogen (secondary N) is 1. The highest BCUT2D eigenvalue weighted by Crippen LogP contribution is 2.20. The summed E-state index contributed by atoms with van der Waals surface area (Å²) in [4.78, 5) is 8.63. The molecule has 5 nitrogen and oxygen atoms in total. The largest absolute Gasteiger partial charge is 0.478 e. The highest BCUT2D eigenvalue weighted by atomic mass is 16.5. The lowest BCUT2D eigenvalue weighted by Crippen LogP contribution is -2.10. The van der Waals surface area contributed by atoms with E-state index >= 15 is 0 Å². The summed E-state index contributed by atoms with van der Waals surface area (Å²) >= 11 is 0. The van der Waals surface area contributed by atoms with Gasteiger partial charge in [0.05, 0.1) is 6.61 Å². The lowest BCUT2D eigenvalue weighted by Gasteiger charge is -2.16. The van der Waals surface area contributed by atoms with Gasteiger partial charge in [-0.15, -0.1) is 0 Å². The molecule has 0 aliphatic heterocycles. The Balaban J connectivity index is 2.12. The van der Waals surface area contributed by atoms with Gasteiger partial charge in [0, 0.05) is 18.7 Å². The predicted octanol–water partition coefficient (Wildman–Crippen LogP) is 2.82. The molecule has 1 aromatic carbocycles. The maximum atomic E-state index is 5.61. The molecule has 1 atom stereocenters. The fraction of sp³-hybridized carbons (Fsp3) is 0.375. The number of nitrogens with two attached hydrogens (primary N) is 1. The molecule has 1 heterocycles. The van der Waals surface area contributed by atoms with E-state index in [0.717, 1.165) is 11.4 Å². The lowest BCUT2D eigenvalue weighted by molar-refractivity contribution is 0.325. The second-order valence-corrected chi connectivity index (χ2v) is 4.88. The monoisotopic (exact) mass is 286 g/mol. The van der Waals surface area contributed by atoms with Crippen molar-refractivity contribution in [2.45, 2.75) is 33.4 Å². The van der Waals surface area contributed by atoms with Crippen molar-refractivity contribution >= 4 is 5.82 Å². The summed E-state index contributed by atoms with van der Waals surface area (Å²) in [5.74, 6) is 2.05. The summed E-state index contributed by atoms with van der Waals surface area (Å²) in [5.41, 5.74) is 7.92. The molecule has 0 saturated carbocycles. The Morgan fingerprint density at radius 2 is 1.95 bits per heavy atom. The van der Waals surface area contributed by atoms with Gasteiger partial charge in [0.1, 0.15) is 11.6 Å². The highest BCUT2D eigenvalue weighted by Gasteiger charge is 2.08. The number of anilines is 1. The van der Waals surface area contributed by atoms with Gasteiger partial charge in [-0.2, -0.15) is 4.98 Å². The molecule has 3 N–H and O–H groups in total. The number of hydrogen-bond donors (Lipinski definition) is 2. The third-order valence-electron chi connectivity index (χ3n) is 3.19. The first-order chi connectivity index (χ1) is 10.1. The van der Waals surface area contributed by atoms with Gasteiger partial charge in [0.25, 0.3) is 0 Å². The van der Waals surface area contributed by atoms with Crippen molar-refractivity contribution in [2.24, 2.45) is 5.73 Å². The minimum atomic E-state index is 0.139. The summed E-state index contributed by atoms with van der Waals surface area (Å²) in [6.45, 7) is 7.03. The van der Waals surface area contributed by atoms with Gasteiger partial charge in [-0.25, -0.2) is 4.98 Å². The maximum absolute atomic E-state index is 5.61. The van der Waals surface area contributed by atoms with Gasteiger partial charge in [-0.05, 0) is 31.9 Å². The van der Waals surface area contributed by atoms with Crippen LogP contribution in [0.15, 0.2) is 30.3 Å². The molecule has 0 amide bonds. The summed E-state index contributed by atoms with van der Waals surface area (Å²) < 4.78 is 5.44. The van der Waals surface area contributed by atoms with Gasteiger partial charge in [-0.1, -0.05) is 24.3 Å². The summed E-state index contributed by atoms with van der Waals surface area (Å²) in [5, 5.41) is 3.37. The molecule has 21 heavy (non-hydrogen) atoms. The molecule has 2 rings (SSSR count). The number of aromatic nitrogens is 2. The first-order valence-electron chi connectivity index (χ1n) is 7.16. The van der Waals surface area contributed by atoms with E-state index in [0.29, 0.717) is 24.9 Å². The number of benzene rings is 1. The number of hydrogen-bond acceptors (Lipinski definition) is 5. The third-order valence-corrected chi connectivity index (χ3v) is 3.19. The van der Waals surface area contributed by atoms with Gasteiger partial charge < -0.3 is 15.8 Å². The average molecular weight is 286 g/mol. The molecule has 0 aliphatic rings. The van der Waals surface area contributed by atoms with Crippen molar-refractivity contribution in [3.05, 3.63) is 47.3 Å². The highest BCUT2D eigenvalue weighted by molar-refractivity contribution is 5.41. The maximum Gasteiger partial charge on any atom is 0.218 e. The Kier molecular flexibility index (Phi) is 5.11. The van der Waals surface area contributed by atoms with E-state index in [4.69, 9.17) is 10.5 Å². The van der Waals surface area contributed by atoms with Crippen LogP contribution in [-0.2, 0) is 6.54 Å². The van der Waals surface area contributed by atoms with E-state index in [1.165, 1.54) is 5.56 Å². The molecule has 1 aromatic heterocycles. The number of aryl methyl sites for hydroxylation is 1. The Labute approximate surface area is 125 Å². The zero-order chi connectivity index (χ0) is 15.2. The van der Waals surface area contributed by atoms with E-state index < -0.39 is 0 Å². The second-order valence-electron chi connectivity index (χ2n) is 4.88. The molecule has 5 heteroatoms. The quantitative estimate of drug-likeness (QED) is 0.854. The van der Waals surface area contributed by atoms with Gasteiger partial charge >= 0.3 is 0 Å². The summed E-state index contributed by atoms with van der Waals surface area (Å²) in [6.07, 6.45) is 0. The first kappa shape index (κ1) is 15.3. The fourth-order valence-electron chi connectivity index (χ4n) is 2.08. The predicted molar refractivity (Wildman–Crippen MR) is 84.3 cm³/mol. The van der Waals surface area contributed by atoms with Crippen LogP contribution in [0.4, 0.5) is 5.82 Å². The Hall–Kier alpha value is -2.14. The standard InChI is InChI=1S/C16H22N4O/c1-4-21-16-9-15(19-12(3)20-16)18-11(2)14-7-5-13(10-17)6-8-14/h5-9,11H,4,10,17H2,1-3H3,(H,18,19,20). The smallest absolute Gasteiger partial charge is 0.218 e. The van der Waals surface area contributed by atoms with Crippen LogP contribution in [0.25, 0.3) is 0 Å². The first-order valence-corrected chi connectivity index (χ1v) is 7.16. The number of ether oxygens (including phenoxy) is 1. The zero-order valence-corrected chi connectivity index (χ0v) is 12.8.